The second-order valence-corrected chi connectivity index (χ2v) is 4.88. The zero-order valence-corrected chi connectivity index (χ0v) is 10.6. The van der Waals surface area contributed by atoms with Crippen LogP contribution in [0, 0.1) is 5.92 Å². The van der Waals surface area contributed by atoms with Crippen LogP contribution in [0.15, 0.2) is 10.9 Å². The number of amides is 1. The van der Waals surface area contributed by atoms with Gasteiger partial charge >= 0.3 is 0 Å². The number of aliphatic hydroxyl groups excluding tert-OH is 1. The summed E-state index contributed by atoms with van der Waals surface area (Å²) >= 11 is 0. The van der Waals surface area contributed by atoms with Crippen LogP contribution >= 0.6 is 0 Å². The molecule has 0 bridgehead atoms. The largest absolute Gasteiger partial charge is 0.383 e. The molecule has 6 nitrogen and oxygen atoms in total. The molecule has 2 rings (SSSR count). The van der Waals surface area contributed by atoms with E-state index in [1.165, 1.54) is 17.7 Å². The molecule has 0 unspecified atom stereocenters. The first kappa shape index (κ1) is 13.0. The Labute approximate surface area is 106 Å². The minimum atomic E-state index is -0.901. The van der Waals surface area contributed by atoms with Gasteiger partial charge in [0.05, 0.1) is 6.54 Å². The van der Waals surface area contributed by atoms with Crippen LogP contribution in [0.3, 0.4) is 0 Å². The fourth-order valence-corrected chi connectivity index (χ4v) is 2.43. The Bertz CT molecular complexity index is 374. The van der Waals surface area contributed by atoms with Crippen LogP contribution in [0.2, 0.25) is 0 Å². The van der Waals surface area contributed by atoms with E-state index in [1.54, 1.807) is 7.05 Å². The highest BCUT2D eigenvalue weighted by molar-refractivity contribution is 5.80. The summed E-state index contributed by atoms with van der Waals surface area (Å²) in [6, 6.07) is 0. The number of hydrogen-bond acceptors (Lipinski definition) is 5. The van der Waals surface area contributed by atoms with Gasteiger partial charge in [0.15, 0.2) is 5.82 Å². The minimum Gasteiger partial charge on any atom is -0.383 e. The average molecular weight is 253 g/mol. The van der Waals surface area contributed by atoms with Crippen molar-refractivity contribution in [2.45, 2.75) is 44.8 Å². The summed E-state index contributed by atoms with van der Waals surface area (Å²) in [5.41, 5.74) is 0. The summed E-state index contributed by atoms with van der Waals surface area (Å²) in [5.74, 6) is 0.285. The summed E-state index contributed by atoms with van der Waals surface area (Å²) in [4.78, 5) is 17.4. The molecule has 1 aliphatic carbocycles. The lowest BCUT2D eigenvalue weighted by atomic mass is 9.85. The molecule has 1 aromatic rings. The quantitative estimate of drug-likeness (QED) is 0.864. The SMILES string of the molecule is CN(Cc1ncon1)C(=O)[C@H](O)C1CCCCC1. The van der Waals surface area contributed by atoms with Crippen molar-refractivity contribution in [1.29, 1.82) is 0 Å². The number of aromatic nitrogens is 2. The van der Waals surface area contributed by atoms with Crippen molar-refractivity contribution in [3.63, 3.8) is 0 Å². The van der Waals surface area contributed by atoms with E-state index in [0.717, 1.165) is 25.7 Å². The third-order valence-electron chi connectivity index (χ3n) is 3.51. The van der Waals surface area contributed by atoms with Crippen LogP contribution < -0.4 is 0 Å². The van der Waals surface area contributed by atoms with Gasteiger partial charge in [-0.3, -0.25) is 4.79 Å². The zero-order chi connectivity index (χ0) is 13.0. The Balaban J connectivity index is 1.88. The molecule has 0 saturated heterocycles. The number of likely N-dealkylation sites (N-methyl/N-ethyl adjacent to an activating group) is 1. The zero-order valence-electron chi connectivity index (χ0n) is 10.6. The number of nitrogens with zero attached hydrogens (tertiary/aromatic N) is 3. The molecule has 6 heteroatoms. The summed E-state index contributed by atoms with van der Waals surface area (Å²) < 4.78 is 4.61. The Hall–Kier alpha value is -1.43. The van der Waals surface area contributed by atoms with Gasteiger partial charge in [0.2, 0.25) is 6.39 Å². The maximum atomic E-state index is 12.1. The second kappa shape index (κ2) is 5.95. The van der Waals surface area contributed by atoms with Gasteiger partial charge < -0.3 is 14.5 Å². The molecule has 1 atom stereocenters. The predicted octanol–water partition coefficient (Wildman–Crippen LogP) is 0.969. The molecule has 1 heterocycles. The first-order valence-corrected chi connectivity index (χ1v) is 6.37. The Kier molecular flexibility index (Phi) is 4.30. The van der Waals surface area contributed by atoms with Crippen molar-refractivity contribution in [1.82, 2.24) is 15.0 Å². The first-order valence-electron chi connectivity index (χ1n) is 6.37. The molecule has 1 saturated carbocycles. The third kappa shape index (κ3) is 3.07. The fourth-order valence-electron chi connectivity index (χ4n) is 2.43. The molecular weight excluding hydrogens is 234 g/mol. The molecule has 0 aromatic carbocycles. The van der Waals surface area contributed by atoms with Gasteiger partial charge in [-0.25, -0.2) is 0 Å². The smallest absolute Gasteiger partial charge is 0.251 e. The van der Waals surface area contributed by atoms with Gasteiger partial charge in [-0.15, -0.1) is 0 Å². The van der Waals surface area contributed by atoms with Crippen LogP contribution in [0.1, 0.15) is 37.9 Å². The minimum absolute atomic E-state index is 0.0963. The lowest BCUT2D eigenvalue weighted by molar-refractivity contribution is -0.143. The third-order valence-corrected chi connectivity index (χ3v) is 3.51. The Morgan fingerprint density at radius 1 is 1.56 bits per heavy atom. The van der Waals surface area contributed by atoms with E-state index in [9.17, 15) is 9.90 Å². The molecule has 1 N–H and O–H groups in total. The van der Waals surface area contributed by atoms with E-state index in [1.807, 2.05) is 0 Å². The number of hydrogen-bond donors (Lipinski definition) is 1. The Morgan fingerprint density at radius 3 is 2.89 bits per heavy atom. The molecule has 1 fully saturated rings. The molecule has 100 valence electrons. The van der Waals surface area contributed by atoms with Gasteiger partial charge in [-0.2, -0.15) is 4.98 Å². The molecular formula is C12H19N3O3. The standard InChI is InChI=1S/C12H19N3O3/c1-15(7-10-13-8-18-14-10)12(17)11(16)9-5-3-2-4-6-9/h8-9,11,16H,2-7H2,1H3/t11-/m1/s1. The van der Waals surface area contributed by atoms with Crippen molar-refractivity contribution in [3.05, 3.63) is 12.2 Å². The number of aliphatic hydroxyl groups is 1. The average Bonchev–Trinajstić information content (AvgIpc) is 2.91. The van der Waals surface area contributed by atoms with Crippen molar-refractivity contribution in [2.75, 3.05) is 7.05 Å². The van der Waals surface area contributed by atoms with Crippen molar-refractivity contribution >= 4 is 5.91 Å². The first-order chi connectivity index (χ1) is 8.68. The van der Waals surface area contributed by atoms with Crippen LogP contribution in [0.4, 0.5) is 0 Å². The monoisotopic (exact) mass is 253 g/mol. The van der Waals surface area contributed by atoms with Gasteiger partial charge in [-0.1, -0.05) is 24.4 Å². The van der Waals surface area contributed by atoms with Crippen LogP contribution in [-0.4, -0.2) is 39.2 Å². The van der Waals surface area contributed by atoms with Crippen LogP contribution in [0.25, 0.3) is 0 Å². The van der Waals surface area contributed by atoms with Crippen molar-refractivity contribution < 1.29 is 14.4 Å². The van der Waals surface area contributed by atoms with E-state index in [4.69, 9.17) is 0 Å². The highest BCUT2D eigenvalue weighted by Crippen LogP contribution is 2.27. The van der Waals surface area contributed by atoms with Gasteiger partial charge in [0, 0.05) is 7.05 Å². The van der Waals surface area contributed by atoms with Gasteiger partial charge in [-0.05, 0) is 18.8 Å². The number of carbonyl (C=O) groups excluding carboxylic acids is 1. The molecule has 0 spiro atoms. The Morgan fingerprint density at radius 2 is 2.28 bits per heavy atom. The molecule has 1 amide bonds. The van der Waals surface area contributed by atoms with E-state index in [0.29, 0.717) is 5.82 Å². The highest BCUT2D eigenvalue weighted by atomic mass is 16.5. The summed E-state index contributed by atoms with van der Waals surface area (Å²) in [6.45, 7) is 0.263. The van der Waals surface area contributed by atoms with Gasteiger partial charge in [0.1, 0.15) is 6.10 Å². The lowest BCUT2D eigenvalue weighted by Crippen LogP contribution is -2.41. The molecule has 18 heavy (non-hydrogen) atoms. The molecule has 1 aliphatic rings. The summed E-state index contributed by atoms with van der Waals surface area (Å²) in [6.07, 6.45) is 5.60. The van der Waals surface area contributed by atoms with Crippen LogP contribution in [-0.2, 0) is 11.3 Å². The van der Waals surface area contributed by atoms with E-state index >= 15 is 0 Å². The summed E-state index contributed by atoms with van der Waals surface area (Å²) in [7, 11) is 1.64. The number of rotatable bonds is 4. The maximum Gasteiger partial charge on any atom is 0.251 e. The van der Waals surface area contributed by atoms with E-state index in [-0.39, 0.29) is 18.4 Å². The van der Waals surface area contributed by atoms with E-state index < -0.39 is 6.10 Å². The van der Waals surface area contributed by atoms with Crippen molar-refractivity contribution in [2.24, 2.45) is 5.92 Å². The fraction of sp³-hybridized carbons (Fsp3) is 0.750. The molecule has 1 aromatic heterocycles. The predicted molar refractivity (Wildman–Crippen MR) is 63.4 cm³/mol. The maximum absolute atomic E-state index is 12.1. The normalized spacial score (nSPS) is 18.6. The van der Waals surface area contributed by atoms with Gasteiger partial charge in [0.25, 0.3) is 5.91 Å². The van der Waals surface area contributed by atoms with Crippen molar-refractivity contribution in [3.8, 4) is 0 Å². The van der Waals surface area contributed by atoms with E-state index in [2.05, 4.69) is 14.7 Å². The lowest BCUT2D eigenvalue weighted by Gasteiger charge is -2.28. The number of carbonyl (C=O) groups is 1. The van der Waals surface area contributed by atoms with Crippen LogP contribution in [0.5, 0.6) is 0 Å². The molecule has 0 radical (unpaired) electrons. The summed E-state index contributed by atoms with van der Waals surface area (Å²) in [5, 5.41) is 13.7. The highest BCUT2D eigenvalue weighted by Gasteiger charge is 2.29. The topological polar surface area (TPSA) is 79.5 Å². The molecule has 0 aliphatic heterocycles. The second-order valence-electron chi connectivity index (χ2n) is 4.88.